The van der Waals surface area contributed by atoms with Gasteiger partial charge in [-0.2, -0.15) is 0 Å². The maximum atomic E-state index is 13.1. The van der Waals surface area contributed by atoms with Gasteiger partial charge in [-0.1, -0.05) is 24.3 Å². The summed E-state index contributed by atoms with van der Waals surface area (Å²) in [7, 11) is -3.20. The van der Waals surface area contributed by atoms with Crippen LogP contribution in [0.1, 0.15) is 33.8 Å². The average Bonchev–Trinajstić information content (AvgIpc) is 3.14. The third-order valence-corrected chi connectivity index (χ3v) is 7.24. The molecule has 1 saturated heterocycles. The zero-order chi connectivity index (χ0) is 23.8. The first-order valence-electron chi connectivity index (χ1n) is 11.6. The van der Waals surface area contributed by atoms with Gasteiger partial charge in [0.2, 0.25) is 10.0 Å². The van der Waals surface area contributed by atoms with Crippen molar-refractivity contribution in [1.82, 2.24) is 13.8 Å². The number of fused-ring (bicyclic) bond motifs is 1. The van der Waals surface area contributed by atoms with E-state index in [1.165, 1.54) is 21.7 Å². The Labute approximate surface area is 182 Å². The van der Waals surface area contributed by atoms with Crippen LogP contribution in [0.3, 0.4) is 0 Å². The highest BCUT2D eigenvalue weighted by Gasteiger charge is 2.25. The number of aromatic nitrogens is 1. The molecule has 8 heteroatoms. The summed E-state index contributed by atoms with van der Waals surface area (Å²) in [6.07, 6.45) is 2.46. The summed E-state index contributed by atoms with van der Waals surface area (Å²) in [5.74, 6) is 0.108. The molecule has 0 unspecified atom stereocenters. The van der Waals surface area contributed by atoms with Crippen LogP contribution in [0.4, 0.5) is 0 Å². The summed E-state index contributed by atoms with van der Waals surface area (Å²) in [6.45, 7) is 0.207. The highest BCUT2D eigenvalue weighted by atomic mass is 32.2. The first-order chi connectivity index (χ1) is 15.5. The van der Waals surface area contributed by atoms with Gasteiger partial charge in [-0.3, -0.25) is 9.69 Å². The molecule has 0 radical (unpaired) electrons. The Kier molecular flexibility index (Phi) is 4.98. The number of hydrogen-bond donors (Lipinski definition) is 0. The number of sulfonamides is 1. The summed E-state index contributed by atoms with van der Waals surface area (Å²) in [4.78, 5) is 15.2. The van der Waals surface area contributed by atoms with Crippen LogP contribution in [0, 0.1) is 5.92 Å². The summed E-state index contributed by atoms with van der Waals surface area (Å²) >= 11 is 0. The van der Waals surface area contributed by atoms with Crippen molar-refractivity contribution < 1.29 is 17.3 Å². The Hall–Kier alpha value is -2.16. The molecule has 0 amide bonds. The van der Waals surface area contributed by atoms with Crippen LogP contribution in [-0.4, -0.2) is 48.1 Å². The van der Waals surface area contributed by atoms with Crippen LogP contribution >= 0.6 is 0 Å². The van der Waals surface area contributed by atoms with Crippen molar-refractivity contribution in [1.29, 1.82) is 0 Å². The smallest absolute Gasteiger partial charge is 0.292 e. The van der Waals surface area contributed by atoms with E-state index in [0.717, 1.165) is 4.57 Å². The monoisotopic (exact) mass is 434 g/mol. The van der Waals surface area contributed by atoms with Gasteiger partial charge >= 0.3 is 0 Å². The van der Waals surface area contributed by atoms with Gasteiger partial charge in [0.15, 0.2) is 5.75 Å². The van der Waals surface area contributed by atoms with Crippen molar-refractivity contribution in [2.75, 3.05) is 26.0 Å². The van der Waals surface area contributed by atoms with E-state index in [2.05, 4.69) is 17.0 Å². The van der Waals surface area contributed by atoms with Crippen LogP contribution in [0.5, 0.6) is 5.75 Å². The van der Waals surface area contributed by atoms with Crippen LogP contribution in [-0.2, 0) is 36.6 Å². The van der Waals surface area contributed by atoms with E-state index in [4.69, 9.17) is 8.85 Å². The van der Waals surface area contributed by atoms with Gasteiger partial charge in [-0.15, -0.1) is 0 Å². The van der Waals surface area contributed by atoms with Gasteiger partial charge in [-0.25, -0.2) is 12.7 Å². The second kappa shape index (κ2) is 8.53. The number of nitrogens with zero attached hydrogens (tertiary/aromatic N) is 3. The van der Waals surface area contributed by atoms with Gasteiger partial charge in [0.1, 0.15) is 0 Å². The molecule has 2 aromatic rings. The molecule has 0 N–H and O–H groups in total. The fraction of sp³-hybridized carbons (Fsp3) is 0.500. The molecule has 1 aromatic heterocycles. The minimum atomic E-state index is -3.20. The van der Waals surface area contributed by atoms with Crippen molar-refractivity contribution in [3.8, 4) is 5.75 Å². The number of rotatable bonds is 6. The van der Waals surface area contributed by atoms with Gasteiger partial charge in [0, 0.05) is 49.5 Å². The molecule has 4 rings (SSSR count). The molecule has 3 heterocycles. The molecule has 30 heavy (non-hydrogen) atoms. The van der Waals surface area contributed by atoms with Gasteiger partial charge in [-0.05, 0) is 42.0 Å². The number of ether oxygens (including phenoxy) is 1. The first kappa shape index (κ1) is 17.5. The molecule has 2 aliphatic rings. The van der Waals surface area contributed by atoms with Crippen molar-refractivity contribution in [2.45, 2.75) is 32.5 Å². The molecular weight excluding hydrogens is 402 g/mol. The predicted octanol–water partition coefficient (Wildman–Crippen LogP) is 1.95. The average molecular weight is 435 g/mol. The second-order valence-electron chi connectivity index (χ2n) is 8.16. The van der Waals surface area contributed by atoms with E-state index in [1.54, 1.807) is 12.1 Å². The van der Waals surface area contributed by atoms with Crippen LogP contribution in [0.25, 0.3) is 0 Å². The van der Waals surface area contributed by atoms with E-state index in [1.807, 2.05) is 12.1 Å². The van der Waals surface area contributed by atoms with E-state index < -0.39 is 22.6 Å². The van der Waals surface area contributed by atoms with Gasteiger partial charge < -0.3 is 9.30 Å². The highest BCUT2D eigenvalue weighted by Crippen LogP contribution is 2.24. The standard InChI is InChI=1S/C22H29N3O4S/c1-23-20(15-24-13-18-5-3-4-6-19(18)14-24)7-8-21(22(23)26)29-16-17-9-11-25(12-10-17)30(2,27)28/h3-8,17H,9-16H2,1-2H3/i1D3. The van der Waals surface area contributed by atoms with Crippen molar-refractivity contribution in [2.24, 2.45) is 12.9 Å². The Morgan fingerprint density at radius 3 is 2.37 bits per heavy atom. The van der Waals surface area contributed by atoms with Gasteiger partial charge in [0.05, 0.1) is 12.9 Å². The molecule has 0 aliphatic carbocycles. The molecule has 162 valence electrons. The third-order valence-electron chi connectivity index (χ3n) is 5.94. The topological polar surface area (TPSA) is 71.8 Å². The first-order valence-corrected chi connectivity index (χ1v) is 12.0. The Morgan fingerprint density at radius 1 is 1.10 bits per heavy atom. The zero-order valence-electron chi connectivity index (χ0n) is 20.1. The second-order valence-corrected chi connectivity index (χ2v) is 10.1. The largest absolute Gasteiger partial charge is 0.488 e. The fourth-order valence-corrected chi connectivity index (χ4v) is 5.03. The summed E-state index contributed by atoms with van der Waals surface area (Å²) in [5, 5.41) is 0. The molecule has 1 aromatic carbocycles. The third kappa shape index (κ3) is 4.61. The minimum Gasteiger partial charge on any atom is -0.488 e. The lowest BCUT2D eigenvalue weighted by molar-refractivity contribution is 0.183. The molecule has 2 aliphatic heterocycles. The number of pyridine rings is 1. The van der Waals surface area contributed by atoms with E-state index >= 15 is 0 Å². The zero-order valence-corrected chi connectivity index (χ0v) is 17.9. The minimum absolute atomic E-state index is 0.00475. The highest BCUT2D eigenvalue weighted by molar-refractivity contribution is 7.88. The molecule has 0 bridgehead atoms. The Morgan fingerprint density at radius 2 is 1.77 bits per heavy atom. The Balaban J connectivity index is 1.46. The molecule has 7 nitrogen and oxygen atoms in total. The molecule has 0 spiro atoms. The van der Waals surface area contributed by atoms with Crippen molar-refractivity contribution in [3.05, 3.63) is 63.6 Å². The molecule has 1 fully saturated rings. The fourth-order valence-electron chi connectivity index (χ4n) is 4.15. The lowest BCUT2D eigenvalue weighted by Crippen LogP contribution is -2.39. The molecule has 0 atom stereocenters. The summed E-state index contributed by atoms with van der Waals surface area (Å²) < 4.78 is 55.1. The van der Waals surface area contributed by atoms with E-state index in [0.29, 0.717) is 51.3 Å². The number of hydrogen-bond acceptors (Lipinski definition) is 5. The summed E-state index contributed by atoms with van der Waals surface area (Å²) in [5.41, 5.74) is 2.17. The maximum absolute atomic E-state index is 13.1. The number of benzene rings is 1. The number of piperidine rings is 1. The van der Waals surface area contributed by atoms with Crippen molar-refractivity contribution >= 4 is 10.0 Å². The normalized spacial score (nSPS) is 20.4. The lowest BCUT2D eigenvalue weighted by atomic mass is 9.99. The quantitative estimate of drug-likeness (QED) is 0.695. The van der Waals surface area contributed by atoms with Crippen LogP contribution in [0.2, 0.25) is 0 Å². The molecular formula is C22H29N3O4S. The predicted molar refractivity (Wildman–Crippen MR) is 116 cm³/mol. The van der Waals surface area contributed by atoms with Crippen LogP contribution < -0.4 is 10.3 Å². The summed E-state index contributed by atoms with van der Waals surface area (Å²) in [6, 6.07) is 11.3. The lowest BCUT2D eigenvalue weighted by Gasteiger charge is -2.30. The van der Waals surface area contributed by atoms with Crippen molar-refractivity contribution in [3.63, 3.8) is 0 Å². The van der Waals surface area contributed by atoms with Crippen LogP contribution in [0.15, 0.2) is 41.2 Å². The van der Waals surface area contributed by atoms with E-state index in [-0.39, 0.29) is 18.3 Å². The SMILES string of the molecule is [2H]C([2H])([2H])n1c(CN2Cc3ccccc3C2)ccc(OCC2CCN(S(C)(=O)=O)CC2)c1=O. The van der Waals surface area contributed by atoms with E-state index in [9.17, 15) is 13.2 Å². The Bertz CT molecular complexity index is 1150. The maximum Gasteiger partial charge on any atom is 0.292 e. The van der Waals surface area contributed by atoms with Gasteiger partial charge in [0.25, 0.3) is 5.56 Å². The molecule has 0 saturated carbocycles.